The summed E-state index contributed by atoms with van der Waals surface area (Å²) in [5.74, 6) is 0.715. The summed E-state index contributed by atoms with van der Waals surface area (Å²) < 4.78 is 22.6. The lowest BCUT2D eigenvalue weighted by Crippen LogP contribution is -2.27. The zero-order chi connectivity index (χ0) is 14.6. The first kappa shape index (κ1) is 16.2. The lowest BCUT2D eigenvalue weighted by atomic mass is 9.96. The number of halogens is 1. The number of hydrogen-bond acceptors (Lipinski definition) is 4. The molecule has 1 atom stereocenters. The maximum atomic E-state index is 11.3. The third-order valence-electron chi connectivity index (χ3n) is 3.07. The molecule has 1 unspecified atom stereocenters. The summed E-state index contributed by atoms with van der Waals surface area (Å²) in [6, 6.07) is 4.33. The summed E-state index contributed by atoms with van der Waals surface area (Å²) >= 11 is 6.02. The van der Waals surface area contributed by atoms with Crippen LogP contribution >= 0.6 is 11.6 Å². The fraction of sp³-hybridized carbons (Fsp3) is 0.500. The van der Waals surface area contributed by atoms with Gasteiger partial charge in [0.2, 0.25) is 10.0 Å². The molecule has 1 rings (SSSR count). The molecule has 0 heterocycles. The molecule has 108 valence electrons. The molecular weight excluding hydrogens is 286 g/mol. The van der Waals surface area contributed by atoms with Crippen molar-refractivity contribution in [1.82, 2.24) is 0 Å². The molecule has 0 saturated heterocycles. The average Bonchev–Trinajstić information content (AvgIpc) is 2.30. The molecule has 19 heavy (non-hydrogen) atoms. The third kappa shape index (κ3) is 4.65. The van der Waals surface area contributed by atoms with Gasteiger partial charge in [-0.05, 0) is 36.6 Å². The van der Waals surface area contributed by atoms with Crippen molar-refractivity contribution >= 4 is 27.3 Å². The van der Waals surface area contributed by atoms with Gasteiger partial charge in [0.25, 0.3) is 0 Å². The summed E-state index contributed by atoms with van der Waals surface area (Å²) in [5.41, 5.74) is 6.23. The van der Waals surface area contributed by atoms with Crippen molar-refractivity contribution < 1.29 is 8.42 Å². The summed E-state index contributed by atoms with van der Waals surface area (Å²) in [5, 5.41) is 8.66. The third-order valence-corrected chi connectivity index (χ3v) is 4.31. The molecule has 0 aliphatic heterocycles. The van der Waals surface area contributed by atoms with E-state index in [9.17, 15) is 8.42 Å². The number of nitrogens with one attached hydrogen (secondary N) is 1. The number of primary sulfonamides is 1. The van der Waals surface area contributed by atoms with Gasteiger partial charge in [-0.25, -0.2) is 13.6 Å². The molecule has 0 spiro atoms. The van der Waals surface area contributed by atoms with E-state index in [2.05, 4.69) is 19.2 Å². The van der Waals surface area contributed by atoms with E-state index < -0.39 is 10.0 Å². The molecule has 0 bridgehead atoms. The van der Waals surface area contributed by atoms with Gasteiger partial charge >= 0.3 is 0 Å². The fourth-order valence-electron chi connectivity index (χ4n) is 1.65. The zero-order valence-electron chi connectivity index (χ0n) is 11.1. The molecule has 1 aromatic carbocycles. The molecule has 5 nitrogen and oxygen atoms in total. The van der Waals surface area contributed by atoms with E-state index in [4.69, 9.17) is 22.5 Å². The summed E-state index contributed by atoms with van der Waals surface area (Å²) in [4.78, 5) is 0.0354. The smallest absolute Gasteiger partial charge is 0.238 e. The van der Waals surface area contributed by atoms with Gasteiger partial charge in [0.05, 0.1) is 15.6 Å². The van der Waals surface area contributed by atoms with Crippen LogP contribution in [0, 0.1) is 11.8 Å². The van der Waals surface area contributed by atoms with Crippen molar-refractivity contribution in [2.24, 2.45) is 22.7 Å². The quantitative estimate of drug-likeness (QED) is 0.744. The van der Waals surface area contributed by atoms with Gasteiger partial charge in [0.15, 0.2) is 0 Å². The van der Waals surface area contributed by atoms with E-state index in [0.29, 0.717) is 29.7 Å². The topological polar surface area (TPSA) is 98.2 Å². The highest BCUT2D eigenvalue weighted by atomic mass is 35.5. The highest BCUT2D eigenvalue weighted by molar-refractivity contribution is 7.89. The number of sulfonamides is 1. The second-order valence-corrected chi connectivity index (χ2v) is 6.78. The number of rotatable bonds is 6. The first-order chi connectivity index (χ1) is 8.75. The van der Waals surface area contributed by atoms with E-state index >= 15 is 0 Å². The molecule has 0 saturated carbocycles. The Morgan fingerprint density at radius 2 is 2.00 bits per heavy atom. The highest BCUT2D eigenvalue weighted by Gasteiger charge is 2.14. The van der Waals surface area contributed by atoms with Crippen LogP contribution in [0.5, 0.6) is 0 Å². The fourth-order valence-corrected chi connectivity index (χ4v) is 2.37. The Hall–Kier alpha value is -0.820. The van der Waals surface area contributed by atoms with Crippen LogP contribution in [0.4, 0.5) is 5.69 Å². The van der Waals surface area contributed by atoms with Gasteiger partial charge < -0.3 is 11.1 Å². The van der Waals surface area contributed by atoms with Crippen LogP contribution < -0.4 is 16.2 Å². The SMILES string of the molecule is CC(C)C(CN)CNc1cc(S(N)(=O)=O)ccc1Cl. The minimum atomic E-state index is -3.73. The van der Waals surface area contributed by atoms with Crippen molar-refractivity contribution in [2.45, 2.75) is 18.7 Å². The van der Waals surface area contributed by atoms with Crippen LogP contribution in [0.1, 0.15) is 13.8 Å². The Bertz CT molecular complexity index is 532. The van der Waals surface area contributed by atoms with Gasteiger partial charge in [-0.3, -0.25) is 0 Å². The zero-order valence-corrected chi connectivity index (χ0v) is 12.6. The second kappa shape index (κ2) is 6.56. The standard InChI is InChI=1S/C12H20ClN3O2S/c1-8(2)9(6-14)7-16-12-5-10(19(15,17)18)3-4-11(12)13/h3-5,8-9,16H,6-7,14H2,1-2H3,(H2,15,17,18). The summed E-state index contributed by atoms with van der Waals surface area (Å²) in [7, 11) is -3.73. The molecule has 7 heteroatoms. The van der Waals surface area contributed by atoms with Gasteiger partial charge in [0, 0.05) is 6.54 Å². The van der Waals surface area contributed by atoms with E-state index in [1.165, 1.54) is 18.2 Å². The molecule has 5 N–H and O–H groups in total. The Balaban J connectivity index is 2.89. The van der Waals surface area contributed by atoms with E-state index in [1.807, 2.05) is 0 Å². The van der Waals surface area contributed by atoms with Crippen LogP contribution in [-0.2, 0) is 10.0 Å². The number of benzene rings is 1. The predicted octanol–water partition coefficient (Wildman–Crippen LogP) is 1.63. The highest BCUT2D eigenvalue weighted by Crippen LogP contribution is 2.25. The lowest BCUT2D eigenvalue weighted by molar-refractivity contribution is 0.413. The second-order valence-electron chi connectivity index (χ2n) is 4.81. The first-order valence-corrected chi connectivity index (χ1v) is 7.94. The first-order valence-electron chi connectivity index (χ1n) is 6.02. The van der Waals surface area contributed by atoms with Crippen LogP contribution in [0.25, 0.3) is 0 Å². The Labute approximate surface area is 119 Å². The van der Waals surface area contributed by atoms with Crippen LogP contribution in [0.3, 0.4) is 0 Å². The van der Waals surface area contributed by atoms with Gasteiger partial charge in [-0.15, -0.1) is 0 Å². The number of nitrogens with two attached hydrogens (primary N) is 2. The monoisotopic (exact) mass is 305 g/mol. The lowest BCUT2D eigenvalue weighted by Gasteiger charge is -2.20. The van der Waals surface area contributed by atoms with Crippen molar-refractivity contribution in [3.8, 4) is 0 Å². The Morgan fingerprint density at radius 3 is 2.47 bits per heavy atom. The number of anilines is 1. The van der Waals surface area contributed by atoms with Crippen molar-refractivity contribution in [2.75, 3.05) is 18.4 Å². The van der Waals surface area contributed by atoms with E-state index in [-0.39, 0.29) is 10.8 Å². The van der Waals surface area contributed by atoms with Crippen LogP contribution in [0.15, 0.2) is 23.1 Å². The minimum Gasteiger partial charge on any atom is -0.383 e. The van der Waals surface area contributed by atoms with E-state index in [0.717, 1.165) is 0 Å². The molecule has 0 radical (unpaired) electrons. The largest absolute Gasteiger partial charge is 0.383 e. The maximum Gasteiger partial charge on any atom is 0.238 e. The predicted molar refractivity (Wildman–Crippen MR) is 78.7 cm³/mol. The van der Waals surface area contributed by atoms with Gasteiger partial charge in [-0.1, -0.05) is 25.4 Å². The Kier molecular flexibility index (Phi) is 5.61. The molecule has 1 aromatic rings. The molecule has 0 amide bonds. The molecule has 0 aliphatic carbocycles. The van der Waals surface area contributed by atoms with Crippen LogP contribution in [-0.4, -0.2) is 21.5 Å². The summed E-state index contributed by atoms with van der Waals surface area (Å²) in [6.45, 7) is 5.35. The average molecular weight is 306 g/mol. The molecule has 0 aromatic heterocycles. The van der Waals surface area contributed by atoms with Crippen molar-refractivity contribution in [3.63, 3.8) is 0 Å². The van der Waals surface area contributed by atoms with Crippen molar-refractivity contribution in [1.29, 1.82) is 0 Å². The normalized spacial score (nSPS) is 13.6. The van der Waals surface area contributed by atoms with Crippen LogP contribution in [0.2, 0.25) is 5.02 Å². The van der Waals surface area contributed by atoms with E-state index in [1.54, 1.807) is 0 Å². The van der Waals surface area contributed by atoms with Crippen molar-refractivity contribution in [3.05, 3.63) is 23.2 Å². The van der Waals surface area contributed by atoms with Gasteiger partial charge in [0.1, 0.15) is 0 Å². The molecule has 0 fully saturated rings. The molecular formula is C12H20ClN3O2S. The molecule has 0 aliphatic rings. The maximum absolute atomic E-state index is 11.3. The summed E-state index contributed by atoms with van der Waals surface area (Å²) in [6.07, 6.45) is 0. The minimum absolute atomic E-state index is 0.0354. The van der Waals surface area contributed by atoms with Gasteiger partial charge in [-0.2, -0.15) is 0 Å². The number of hydrogen-bond donors (Lipinski definition) is 3. The Morgan fingerprint density at radius 1 is 1.37 bits per heavy atom.